The number of sulfonamides is 1. The minimum atomic E-state index is -3.41. The first-order valence-corrected chi connectivity index (χ1v) is 10.7. The van der Waals surface area contributed by atoms with Gasteiger partial charge in [0.05, 0.1) is 23.3 Å². The molecule has 1 amide bonds. The minimum absolute atomic E-state index is 0.230. The largest absolute Gasteiger partial charge is 0.446 e. The molecule has 0 fully saturated rings. The summed E-state index contributed by atoms with van der Waals surface area (Å²) < 4.78 is 32.0. The molecule has 0 aliphatic carbocycles. The fraction of sp³-hybridized carbons (Fsp3) is 0.529. The van der Waals surface area contributed by atoms with Crippen LogP contribution in [0.1, 0.15) is 32.9 Å². The summed E-state index contributed by atoms with van der Waals surface area (Å²) in [4.78, 5) is 16.6. The van der Waals surface area contributed by atoms with Crippen LogP contribution in [0.3, 0.4) is 0 Å². The molecule has 1 atom stereocenters. The second kappa shape index (κ2) is 8.55. The van der Waals surface area contributed by atoms with E-state index in [1.807, 2.05) is 6.92 Å². The Balaban J connectivity index is 2.22. The van der Waals surface area contributed by atoms with Gasteiger partial charge in [-0.1, -0.05) is 19.1 Å². The Bertz CT molecular complexity index is 955. The van der Waals surface area contributed by atoms with E-state index in [1.54, 1.807) is 26.1 Å². The van der Waals surface area contributed by atoms with Crippen LogP contribution in [0.5, 0.6) is 0 Å². The van der Waals surface area contributed by atoms with Crippen molar-refractivity contribution < 1.29 is 17.9 Å². The van der Waals surface area contributed by atoms with Gasteiger partial charge >= 0.3 is 6.09 Å². The Hall–Kier alpha value is -2.69. The Morgan fingerprint density at radius 3 is 2.54 bits per heavy atom. The predicted octanol–water partition coefficient (Wildman–Crippen LogP) is 2.54. The first-order valence-electron chi connectivity index (χ1n) is 8.79. The number of amides is 1. The number of aromatic nitrogens is 4. The normalized spacial score (nSPS) is 12.7. The molecule has 2 heterocycles. The van der Waals surface area contributed by atoms with Crippen molar-refractivity contribution in [3.63, 3.8) is 0 Å². The molecular weight excluding hydrogens is 384 g/mol. The van der Waals surface area contributed by atoms with Crippen LogP contribution >= 0.6 is 0 Å². The number of nitrogens with one attached hydrogen (secondary N) is 2. The molecule has 0 aromatic carbocycles. The van der Waals surface area contributed by atoms with E-state index in [1.165, 1.54) is 4.68 Å². The maximum atomic E-state index is 12.2. The van der Waals surface area contributed by atoms with E-state index in [0.717, 1.165) is 12.7 Å². The van der Waals surface area contributed by atoms with Gasteiger partial charge < -0.3 is 4.74 Å². The summed E-state index contributed by atoms with van der Waals surface area (Å²) in [6.45, 7) is 7.61. The van der Waals surface area contributed by atoms with Crippen molar-refractivity contribution in [2.75, 3.05) is 16.3 Å². The van der Waals surface area contributed by atoms with Crippen LogP contribution in [0.15, 0.2) is 12.1 Å². The number of rotatable bonds is 7. The molecule has 0 saturated heterocycles. The molecule has 0 aliphatic heterocycles. The molecule has 2 aromatic rings. The number of aryl methyl sites for hydroxylation is 2. The minimum Gasteiger partial charge on any atom is -0.446 e. The molecule has 28 heavy (non-hydrogen) atoms. The van der Waals surface area contributed by atoms with E-state index in [0.29, 0.717) is 34.5 Å². The third-order valence-electron chi connectivity index (χ3n) is 3.78. The highest BCUT2D eigenvalue weighted by atomic mass is 32.2. The number of hydrogen-bond acceptors (Lipinski definition) is 7. The monoisotopic (exact) mass is 410 g/mol. The Morgan fingerprint density at radius 1 is 1.29 bits per heavy atom. The lowest BCUT2D eigenvalue weighted by molar-refractivity contribution is 0.108. The summed E-state index contributed by atoms with van der Waals surface area (Å²) in [5.74, 6) is 0.737. The van der Waals surface area contributed by atoms with Crippen molar-refractivity contribution in [2.45, 2.75) is 40.2 Å². The molecule has 2 rings (SSSR count). The van der Waals surface area contributed by atoms with Gasteiger partial charge in [0.2, 0.25) is 10.0 Å². The molecular formula is C17H26N6O4S. The van der Waals surface area contributed by atoms with Crippen molar-refractivity contribution >= 4 is 27.6 Å². The summed E-state index contributed by atoms with van der Waals surface area (Å²) in [6.07, 6.45) is 0.981. The molecule has 2 aromatic heterocycles. The molecule has 0 spiro atoms. The van der Waals surface area contributed by atoms with Gasteiger partial charge in [-0.2, -0.15) is 0 Å². The second-order valence-electron chi connectivity index (χ2n) is 7.08. The average Bonchev–Trinajstić information content (AvgIpc) is 2.88. The smallest absolute Gasteiger partial charge is 0.413 e. The van der Waals surface area contributed by atoms with Gasteiger partial charge in [-0.3, -0.25) is 10.0 Å². The zero-order chi connectivity index (χ0) is 21.1. The summed E-state index contributed by atoms with van der Waals surface area (Å²) in [5, 5.41) is 10.6. The Morgan fingerprint density at radius 2 is 1.96 bits per heavy atom. The van der Waals surface area contributed by atoms with Crippen LogP contribution in [-0.4, -0.2) is 46.8 Å². The van der Waals surface area contributed by atoms with Gasteiger partial charge in [-0.05, 0) is 38.3 Å². The van der Waals surface area contributed by atoms with E-state index in [-0.39, 0.29) is 6.10 Å². The van der Waals surface area contributed by atoms with Crippen molar-refractivity contribution in [2.24, 2.45) is 13.0 Å². The van der Waals surface area contributed by atoms with Gasteiger partial charge in [-0.15, -0.1) is 5.10 Å². The molecule has 2 N–H and O–H groups in total. The fourth-order valence-corrected chi connectivity index (χ4v) is 3.31. The van der Waals surface area contributed by atoms with Crippen LogP contribution in [0.2, 0.25) is 0 Å². The van der Waals surface area contributed by atoms with E-state index >= 15 is 0 Å². The molecule has 0 radical (unpaired) electrons. The number of pyridine rings is 1. The maximum absolute atomic E-state index is 12.2. The Labute approximate surface area is 164 Å². The molecule has 11 heteroatoms. The quantitative estimate of drug-likeness (QED) is 0.718. The number of carbonyl (C=O) groups is 1. The fourth-order valence-electron chi connectivity index (χ4n) is 2.69. The maximum Gasteiger partial charge on any atom is 0.413 e. The van der Waals surface area contributed by atoms with Crippen LogP contribution in [0.25, 0.3) is 11.4 Å². The lowest BCUT2D eigenvalue weighted by Crippen LogP contribution is -2.22. The summed E-state index contributed by atoms with van der Waals surface area (Å²) in [7, 11) is -1.78. The topological polar surface area (TPSA) is 128 Å². The molecule has 0 unspecified atom stereocenters. The van der Waals surface area contributed by atoms with Crippen molar-refractivity contribution in [3.05, 3.63) is 17.8 Å². The lowest BCUT2D eigenvalue weighted by atomic mass is 10.1. The van der Waals surface area contributed by atoms with Crippen LogP contribution in [-0.2, 0) is 21.8 Å². The predicted molar refractivity (Wildman–Crippen MR) is 106 cm³/mol. The summed E-state index contributed by atoms with van der Waals surface area (Å²) >= 11 is 0. The highest BCUT2D eigenvalue weighted by Crippen LogP contribution is 2.26. The van der Waals surface area contributed by atoms with Gasteiger partial charge in [0, 0.05) is 7.05 Å². The third kappa shape index (κ3) is 5.91. The molecule has 0 saturated carbocycles. The zero-order valence-electron chi connectivity index (χ0n) is 16.8. The standard InChI is InChI=1S/C17H26N6O4S/c1-10(2)9-11(3)27-17(24)19-16-15(20-22-23(16)5)14-8-7-13(12(4)18-14)21-28(6,25)26/h7-8,10-11,21H,9H2,1-6H3,(H,19,24)/t11-/m1/s1. The highest BCUT2D eigenvalue weighted by Gasteiger charge is 2.20. The molecule has 154 valence electrons. The van der Waals surface area contributed by atoms with E-state index < -0.39 is 16.1 Å². The number of anilines is 2. The van der Waals surface area contributed by atoms with Crippen LogP contribution in [0.4, 0.5) is 16.3 Å². The third-order valence-corrected chi connectivity index (χ3v) is 4.37. The van der Waals surface area contributed by atoms with Crippen molar-refractivity contribution in [1.82, 2.24) is 20.0 Å². The number of carbonyl (C=O) groups excluding carboxylic acids is 1. The van der Waals surface area contributed by atoms with Gasteiger partial charge in [-0.25, -0.2) is 22.9 Å². The highest BCUT2D eigenvalue weighted by molar-refractivity contribution is 7.92. The first kappa shape index (κ1) is 21.6. The van der Waals surface area contributed by atoms with E-state index in [9.17, 15) is 13.2 Å². The van der Waals surface area contributed by atoms with Gasteiger partial charge in [0.1, 0.15) is 6.10 Å². The lowest BCUT2D eigenvalue weighted by Gasteiger charge is -2.16. The number of hydrogen-bond donors (Lipinski definition) is 2. The SMILES string of the molecule is Cc1nc(-c2nnn(C)c2NC(=O)O[C@H](C)CC(C)C)ccc1NS(C)(=O)=O. The Kier molecular flexibility index (Phi) is 6.60. The summed E-state index contributed by atoms with van der Waals surface area (Å²) in [6, 6.07) is 3.18. The van der Waals surface area contributed by atoms with Crippen molar-refractivity contribution in [1.29, 1.82) is 0 Å². The van der Waals surface area contributed by atoms with Crippen LogP contribution < -0.4 is 10.0 Å². The average molecular weight is 411 g/mol. The van der Waals surface area contributed by atoms with E-state index in [4.69, 9.17) is 4.74 Å². The number of nitrogens with zero attached hydrogens (tertiary/aromatic N) is 4. The van der Waals surface area contributed by atoms with E-state index in [2.05, 4.69) is 39.2 Å². The van der Waals surface area contributed by atoms with Crippen molar-refractivity contribution in [3.8, 4) is 11.4 Å². The molecule has 10 nitrogen and oxygen atoms in total. The first-order chi connectivity index (χ1) is 13.0. The second-order valence-corrected chi connectivity index (χ2v) is 8.83. The molecule has 0 bridgehead atoms. The van der Waals surface area contributed by atoms with Gasteiger partial charge in [0.15, 0.2) is 11.5 Å². The number of ether oxygens (including phenoxy) is 1. The zero-order valence-corrected chi connectivity index (χ0v) is 17.7. The summed E-state index contributed by atoms with van der Waals surface area (Å²) in [5.41, 5.74) is 1.62. The van der Waals surface area contributed by atoms with Crippen LogP contribution in [0, 0.1) is 12.8 Å². The molecule has 0 aliphatic rings. The van der Waals surface area contributed by atoms with Gasteiger partial charge in [0.25, 0.3) is 0 Å².